The zero-order chi connectivity index (χ0) is 32.1. The molecule has 14 heteroatoms. The first kappa shape index (κ1) is 32.1. The van der Waals surface area contributed by atoms with E-state index in [0.717, 1.165) is 38.2 Å². The van der Waals surface area contributed by atoms with Crippen molar-refractivity contribution in [2.24, 2.45) is 11.5 Å². The number of rotatable bonds is 13. The third kappa shape index (κ3) is 7.02. The van der Waals surface area contributed by atoms with E-state index in [9.17, 15) is 14.4 Å². The van der Waals surface area contributed by atoms with Gasteiger partial charge in [-0.05, 0) is 44.9 Å². The Hall–Kier alpha value is -4.27. The van der Waals surface area contributed by atoms with Crippen LogP contribution < -0.4 is 21.5 Å². The van der Waals surface area contributed by atoms with Crippen LogP contribution in [0.1, 0.15) is 53.2 Å². The number of nitrogens with zero attached hydrogens (tertiary/aromatic N) is 6. The summed E-state index contributed by atoms with van der Waals surface area (Å²) in [5, 5.41) is 7.32. The summed E-state index contributed by atoms with van der Waals surface area (Å²) in [5.41, 5.74) is 13.5. The highest BCUT2D eigenvalue weighted by Crippen LogP contribution is 2.32. The fourth-order valence-corrected chi connectivity index (χ4v) is 6.01. The number of hydrogen-bond acceptors (Lipinski definition) is 9. The molecule has 242 valence electrons. The first-order chi connectivity index (χ1) is 21.7. The molecule has 0 bridgehead atoms. The molecule has 45 heavy (non-hydrogen) atoms. The standard InChI is InChI=1S/C31H43N9O5/c1-4-6-7-10-39-27-23(34-30(39)35-29(43)24-14-21(3)36-40(24)5-2)15-22(28(33)42)16-25(27)44-12-8-9-37-18-31(19-37)20-38(11-13-45-31)26(41)17-32/h6-7,14-16H,4-5,8-13,17-20,32H2,1-3H3,(H2,33,42)(H,34,35,43)/b7-6+. The maximum Gasteiger partial charge on any atom is 0.276 e. The number of aromatic nitrogens is 4. The van der Waals surface area contributed by atoms with Crippen LogP contribution in [0, 0.1) is 6.92 Å². The van der Waals surface area contributed by atoms with Crippen molar-refractivity contribution in [3.05, 3.63) is 47.3 Å². The summed E-state index contributed by atoms with van der Waals surface area (Å²) in [5.74, 6) is -0.208. The normalized spacial score (nSPS) is 16.4. The molecule has 5 rings (SSSR count). The molecule has 0 radical (unpaired) electrons. The summed E-state index contributed by atoms with van der Waals surface area (Å²) in [6, 6.07) is 4.98. The molecule has 0 aliphatic carbocycles. The number of nitrogens with two attached hydrogens (primary N) is 2. The van der Waals surface area contributed by atoms with Crippen LogP contribution in [0.5, 0.6) is 5.75 Å². The molecule has 2 aliphatic rings. The van der Waals surface area contributed by atoms with Crippen LogP contribution in [0.2, 0.25) is 0 Å². The molecule has 1 spiro atoms. The van der Waals surface area contributed by atoms with Crippen LogP contribution in [0.25, 0.3) is 11.0 Å². The van der Waals surface area contributed by atoms with Gasteiger partial charge in [-0.2, -0.15) is 5.10 Å². The van der Waals surface area contributed by atoms with E-state index in [2.05, 4.69) is 15.3 Å². The van der Waals surface area contributed by atoms with Crippen LogP contribution in [-0.2, 0) is 22.6 Å². The quantitative estimate of drug-likeness (QED) is 0.189. The van der Waals surface area contributed by atoms with Crippen LogP contribution >= 0.6 is 0 Å². The summed E-state index contributed by atoms with van der Waals surface area (Å²) >= 11 is 0. The second-order valence-electron chi connectivity index (χ2n) is 11.5. The highest BCUT2D eigenvalue weighted by atomic mass is 16.5. The molecule has 2 fully saturated rings. The Morgan fingerprint density at radius 3 is 2.67 bits per heavy atom. The minimum atomic E-state index is -0.601. The number of likely N-dealkylation sites (tertiary alicyclic amines) is 1. The van der Waals surface area contributed by atoms with Crippen LogP contribution in [0.3, 0.4) is 0 Å². The summed E-state index contributed by atoms with van der Waals surface area (Å²) in [4.78, 5) is 46.4. The molecule has 3 amide bonds. The van der Waals surface area contributed by atoms with E-state index in [1.165, 1.54) is 0 Å². The Morgan fingerprint density at radius 2 is 1.96 bits per heavy atom. The smallest absolute Gasteiger partial charge is 0.276 e. The van der Waals surface area contributed by atoms with E-state index < -0.39 is 5.91 Å². The van der Waals surface area contributed by atoms with Gasteiger partial charge >= 0.3 is 0 Å². The Balaban J connectivity index is 1.32. The average Bonchev–Trinajstić information content (AvgIpc) is 3.57. The molecule has 4 heterocycles. The van der Waals surface area contributed by atoms with Gasteiger partial charge in [0.05, 0.1) is 37.5 Å². The number of anilines is 1. The third-order valence-corrected chi connectivity index (χ3v) is 8.12. The average molecular weight is 622 g/mol. The maximum absolute atomic E-state index is 13.3. The number of amides is 3. The number of benzene rings is 1. The SMILES string of the molecule is CC/C=C/Cn1c(NC(=O)c2cc(C)nn2CC)nc2cc(C(N)=O)cc(OCCCN3CC4(C3)CN(C(=O)CN)CCO4)c21. The van der Waals surface area contributed by atoms with Crippen molar-refractivity contribution in [1.82, 2.24) is 29.1 Å². The number of fused-ring (bicyclic) bond motifs is 1. The van der Waals surface area contributed by atoms with Gasteiger partial charge in [-0.1, -0.05) is 19.1 Å². The molecular formula is C31H43N9O5. The number of ether oxygens (including phenoxy) is 2. The number of primary amides is 1. The van der Waals surface area contributed by atoms with Gasteiger partial charge in [-0.25, -0.2) is 4.98 Å². The summed E-state index contributed by atoms with van der Waals surface area (Å²) in [7, 11) is 0. The molecule has 0 atom stereocenters. The predicted molar refractivity (Wildman–Crippen MR) is 169 cm³/mol. The Labute approximate surface area is 262 Å². The number of morpholine rings is 1. The van der Waals surface area contributed by atoms with Gasteiger partial charge in [0.25, 0.3) is 5.91 Å². The van der Waals surface area contributed by atoms with Crippen LogP contribution in [0.15, 0.2) is 30.4 Å². The molecule has 2 aliphatic heterocycles. The van der Waals surface area contributed by atoms with Crippen molar-refractivity contribution in [2.75, 3.05) is 57.8 Å². The van der Waals surface area contributed by atoms with Gasteiger partial charge in [0.2, 0.25) is 17.8 Å². The van der Waals surface area contributed by atoms with Crippen molar-refractivity contribution in [3.63, 3.8) is 0 Å². The molecule has 0 saturated carbocycles. The highest BCUT2D eigenvalue weighted by molar-refractivity contribution is 6.04. The Kier molecular flexibility index (Phi) is 9.85. The second kappa shape index (κ2) is 13.8. The van der Waals surface area contributed by atoms with E-state index >= 15 is 0 Å². The molecule has 14 nitrogen and oxygen atoms in total. The van der Waals surface area contributed by atoms with Gasteiger partial charge in [0, 0.05) is 44.8 Å². The van der Waals surface area contributed by atoms with Crippen molar-refractivity contribution in [1.29, 1.82) is 0 Å². The minimum Gasteiger partial charge on any atom is -0.491 e. The lowest BCUT2D eigenvalue weighted by Gasteiger charge is -2.54. The van der Waals surface area contributed by atoms with Gasteiger partial charge in [0.15, 0.2) is 0 Å². The molecule has 0 unspecified atom stereocenters. The minimum absolute atomic E-state index is 0.00716. The maximum atomic E-state index is 13.3. The summed E-state index contributed by atoms with van der Waals surface area (Å²) in [6.07, 6.45) is 5.60. The second-order valence-corrected chi connectivity index (χ2v) is 11.5. The zero-order valence-corrected chi connectivity index (χ0v) is 26.3. The van der Waals surface area contributed by atoms with Gasteiger partial charge < -0.3 is 30.4 Å². The van der Waals surface area contributed by atoms with Gasteiger partial charge in [0.1, 0.15) is 22.6 Å². The number of carbonyl (C=O) groups excluding carboxylic acids is 3. The lowest BCUT2D eigenvalue weighted by atomic mass is 9.91. The van der Waals surface area contributed by atoms with E-state index in [1.54, 1.807) is 27.8 Å². The molecule has 2 aromatic heterocycles. The molecule has 5 N–H and O–H groups in total. The van der Waals surface area contributed by atoms with Gasteiger partial charge in [-0.15, -0.1) is 0 Å². The number of carbonyl (C=O) groups is 3. The van der Waals surface area contributed by atoms with Crippen molar-refractivity contribution >= 4 is 34.7 Å². The largest absolute Gasteiger partial charge is 0.491 e. The van der Waals surface area contributed by atoms with E-state index in [-0.39, 0.29) is 29.5 Å². The number of allylic oxidation sites excluding steroid dienone is 2. The predicted octanol–water partition coefficient (Wildman–Crippen LogP) is 1.52. The summed E-state index contributed by atoms with van der Waals surface area (Å²) < 4.78 is 15.8. The monoisotopic (exact) mass is 621 g/mol. The van der Waals surface area contributed by atoms with Gasteiger partial charge in [-0.3, -0.25) is 29.3 Å². The van der Waals surface area contributed by atoms with Crippen LogP contribution in [-0.4, -0.2) is 105 Å². The molecular weight excluding hydrogens is 578 g/mol. The lowest BCUT2D eigenvalue weighted by Crippen LogP contribution is -2.70. The Bertz CT molecular complexity index is 1590. The molecule has 3 aromatic rings. The molecule has 2 saturated heterocycles. The van der Waals surface area contributed by atoms with Crippen molar-refractivity contribution in [3.8, 4) is 5.75 Å². The van der Waals surface area contributed by atoms with E-state index in [1.807, 2.05) is 37.5 Å². The van der Waals surface area contributed by atoms with Crippen molar-refractivity contribution < 1.29 is 23.9 Å². The number of nitrogens with one attached hydrogen (secondary N) is 1. The number of imidazole rings is 1. The zero-order valence-electron chi connectivity index (χ0n) is 26.3. The number of hydrogen-bond donors (Lipinski definition) is 3. The number of aryl methyl sites for hydroxylation is 2. The van der Waals surface area contributed by atoms with E-state index in [0.29, 0.717) is 67.8 Å². The van der Waals surface area contributed by atoms with E-state index in [4.69, 9.17) is 25.9 Å². The fourth-order valence-electron chi connectivity index (χ4n) is 6.01. The van der Waals surface area contributed by atoms with Crippen molar-refractivity contribution in [2.45, 2.75) is 52.3 Å². The third-order valence-electron chi connectivity index (χ3n) is 8.12. The highest BCUT2D eigenvalue weighted by Gasteiger charge is 2.47. The Morgan fingerprint density at radius 1 is 1.16 bits per heavy atom. The topological polar surface area (TPSA) is 176 Å². The lowest BCUT2D eigenvalue weighted by molar-refractivity contribution is -0.188. The summed E-state index contributed by atoms with van der Waals surface area (Å²) in [6.45, 7) is 11.1. The first-order valence-electron chi connectivity index (χ1n) is 15.5. The van der Waals surface area contributed by atoms with Crippen LogP contribution in [0.4, 0.5) is 5.95 Å². The molecule has 1 aromatic carbocycles. The first-order valence-corrected chi connectivity index (χ1v) is 15.5. The fraction of sp³-hybridized carbons (Fsp3) is 0.516.